The van der Waals surface area contributed by atoms with Gasteiger partial charge in [0, 0.05) is 12.1 Å². The van der Waals surface area contributed by atoms with E-state index >= 15 is 0 Å². The van der Waals surface area contributed by atoms with Crippen molar-refractivity contribution in [1.82, 2.24) is 5.48 Å². The highest BCUT2D eigenvalue weighted by atomic mass is 16.7. The average Bonchev–Trinajstić information content (AvgIpc) is 2.02. The highest BCUT2D eigenvalue weighted by Gasteiger charge is 2.20. The van der Waals surface area contributed by atoms with E-state index in [4.69, 9.17) is 10.6 Å². The molecular formula is C10H22N2O. The maximum absolute atomic E-state index is 5.81. The lowest BCUT2D eigenvalue weighted by molar-refractivity contribution is -0.0929. The number of nitrogens with two attached hydrogens (primary N) is 1. The van der Waals surface area contributed by atoms with Gasteiger partial charge in [0.25, 0.3) is 0 Å². The Labute approximate surface area is 81.0 Å². The molecule has 0 heterocycles. The molecule has 0 aromatic heterocycles. The van der Waals surface area contributed by atoms with Gasteiger partial charge in [-0.15, -0.1) is 0 Å². The number of nitrogens with one attached hydrogen (secondary N) is 1. The second-order valence-electron chi connectivity index (χ2n) is 4.94. The Balaban J connectivity index is 2.16. The Morgan fingerprint density at radius 2 is 1.69 bits per heavy atom. The molecule has 0 bridgehead atoms. The fourth-order valence-electron chi connectivity index (χ4n) is 1.50. The van der Waals surface area contributed by atoms with E-state index in [9.17, 15) is 0 Å². The summed E-state index contributed by atoms with van der Waals surface area (Å²) in [4.78, 5) is 5.51. The molecule has 13 heavy (non-hydrogen) atoms. The predicted octanol–water partition coefficient (Wildman–Crippen LogP) is 1.58. The van der Waals surface area contributed by atoms with Crippen molar-refractivity contribution in [3.8, 4) is 0 Å². The van der Waals surface area contributed by atoms with Crippen LogP contribution in [0.15, 0.2) is 0 Å². The number of hydroxylamine groups is 1. The molecule has 0 atom stereocenters. The quantitative estimate of drug-likeness (QED) is 0.644. The van der Waals surface area contributed by atoms with Gasteiger partial charge >= 0.3 is 0 Å². The first-order valence-corrected chi connectivity index (χ1v) is 5.16. The van der Waals surface area contributed by atoms with Crippen LogP contribution in [0.5, 0.6) is 0 Å². The Hall–Kier alpha value is -0.120. The number of hydrogen-bond donors (Lipinski definition) is 2. The standard InChI is InChI=1S/C10H22N2O/c1-10(2,3)13-12-9-6-4-8(11)5-7-9/h8-9,12H,4-7,11H2,1-3H3. The molecule has 0 amide bonds. The van der Waals surface area contributed by atoms with Crippen LogP contribution in [-0.4, -0.2) is 17.7 Å². The molecule has 78 valence electrons. The molecule has 3 N–H and O–H groups in total. The molecule has 1 saturated carbocycles. The van der Waals surface area contributed by atoms with E-state index in [1.807, 2.05) is 0 Å². The van der Waals surface area contributed by atoms with Crippen LogP contribution in [0, 0.1) is 0 Å². The van der Waals surface area contributed by atoms with Crippen LogP contribution in [0.4, 0.5) is 0 Å². The zero-order valence-electron chi connectivity index (χ0n) is 8.97. The average molecular weight is 186 g/mol. The molecule has 1 fully saturated rings. The van der Waals surface area contributed by atoms with Gasteiger partial charge in [0.2, 0.25) is 0 Å². The molecule has 0 aromatic carbocycles. The van der Waals surface area contributed by atoms with E-state index in [2.05, 4.69) is 26.3 Å². The molecule has 0 radical (unpaired) electrons. The van der Waals surface area contributed by atoms with Crippen molar-refractivity contribution in [3.63, 3.8) is 0 Å². The fraction of sp³-hybridized carbons (Fsp3) is 1.00. The minimum Gasteiger partial charge on any atom is -0.328 e. The van der Waals surface area contributed by atoms with E-state index in [-0.39, 0.29) is 5.60 Å². The molecule has 1 rings (SSSR count). The first-order valence-electron chi connectivity index (χ1n) is 5.16. The number of hydrogen-bond acceptors (Lipinski definition) is 3. The van der Waals surface area contributed by atoms with Gasteiger partial charge in [0.05, 0.1) is 5.60 Å². The first kappa shape index (κ1) is 11.0. The zero-order chi connectivity index (χ0) is 9.90. The van der Waals surface area contributed by atoms with E-state index in [1.165, 1.54) is 0 Å². The van der Waals surface area contributed by atoms with Gasteiger partial charge in [-0.05, 0) is 46.5 Å². The smallest absolute Gasteiger partial charge is 0.0813 e. The highest BCUT2D eigenvalue weighted by molar-refractivity contribution is 4.77. The Kier molecular flexibility index (Phi) is 3.71. The third-order valence-electron chi connectivity index (χ3n) is 2.30. The van der Waals surface area contributed by atoms with Crippen molar-refractivity contribution in [2.45, 2.75) is 64.1 Å². The van der Waals surface area contributed by atoms with Gasteiger partial charge in [-0.25, -0.2) is 0 Å². The zero-order valence-corrected chi connectivity index (χ0v) is 8.97. The van der Waals surface area contributed by atoms with Crippen molar-refractivity contribution in [3.05, 3.63) is 0 Å². The summed E-state index contributed by atoms with van der Waals surface area (Å²) < 4.78 is 0. The van der Waals surface area contributed by atoms with E-state index in [0.717, 1.165) is 25.7 Å². The summed E-state index contributed by atoms with van der Waals surface area (Å²) in [6.45, 7) is 6.15. The number of rotatable bonds is 2. The SMILES string of the molecule is CC(C)(C)ONC1CCC(N)CC1. The van der Waals surface area contributed by atoms with Crippen LogP contribution in [-0.2, 0) is 4.84 Å². The van der Waals surface area contributed by atoms with Gasteiger partial charge in [0.15, 0.2) is 0 Å². The third-order valence-corrected chi connectivity index (χ3v) is 2.30. The molecular weight excluding hydrogens is 164 g/mol. The van der Waals surface area contributed by atoms with E-state index in [0.29, 0.717) is 12.1 Å². The lowest BCUT2D eigenvalue weighted by Gasteiger charge is -2.29. The van der Waals surface area contributed by atoms with Crippen LogP contribution in [0.25, 0.3) is 0 Å². The highest BCUT2D eigenvalue weighted by Crippen LogP contribution is 2.17. The van der Waals surface area contributed by atoms with Crippen LogP contribution in [0.1, 0.15) is 46.5 Å². The van der Waals surface area contributed by atoms with E-state index in [1.54, 1.807) is 0 Å². The summed E-state index contributed by atoms with van der Waals surface area (Å²) in [5.74, 6) is 0. The van der Waals surface area contributed by atoms with E-state index < -0.39 is 0 Å². The Bertz CT molecular complexity index is 145. The topological polar surface area (TPSA) is 47.3 Å². The molecule has 1 aliphatic carbocycles. The van der Waals surface area contributed by atoms with Crippen molar-refractivity contribution in [1.29, 1.82) is 0 Å². The monoisotopic (exact) mass is 186 g/mol. The van der Waals surface area contributed by atoms with Crippen LogP contribution in [0.3, 0.4) is 0 Å². The minimum atomic E-state index is -0.0977. The van der Waals surface area contributed by atoms with Gasteiger partial charge < -0.3 is 5.73 Å². The molecule has 1 aliphatic rings. The van der Waals surface area contributed by atoms with Crippen molar-refractivity contribution < 1.29 is 4.84 Å². The molecule has 0 spiro atoms. The summed E-state index contributed by atoms with van der Waals surface area (Å²) in [6.07, 6.45) is 4.50. The maximum atomic E-state index is 5.81. The lowest BCUT2D eigenvalue weighted by Crippen LogP contribution is -2.41. The largest absolute Gasteiger partial charge is 0.328 e. The van der Waals surface area contributed by atoms with Gasteiger partial charge in [-0.3, -0.25) is 4.84 Å². The molecule has 3 nitrogen and oxygen atoms in total. The molecule has 0 saturated heterocycles. The van der Waals surface area contributed by atoms with Crippen LogP contribution in [0.2, 0.25) is 0 Å². The van der Waals surface area contributed by atoms with Crippen molar-refractivity contribution in [2.24, 2.45) is 5.73 Å². The lowest BCUT2D eigenvalue weighted by atomic mass is 9.92. The fourth-order valence-corrected chi connectivity index (χ4v) is 1.50. The van der Waals surface area contributed by atoms with Gasteiger partial charge in [-0.2, -0.15) is 5.48 Å². The summed E-state index contributed by atoms with van der Waals surface area (Å²) in [5.41, 5.74) is 8.84. The van der Waals surface area contributed by atoms with Crippen molar-refractivity contribution in [2.75, 3.05) is 0 Å². The summed E-state index contributed by atoms with van der Waals surface area (Å²) in [5, 5.41) is 0. The van der Waals surface area contributed by atoms with Crippen LogP contribution >= 0.6 is 0 Å². The molecule has 0 aliphatic heterocycles. The Morgan fingerprint density at radius 1 is 1.15 bits per heavy atom. The second-order valence-corrected chi connectivity index (χ2v) is 4.94. The summed E-state index contributed by atoms with van der Waals surface area (Å²) in [6, 6.07) is 0.909. The summed E-state index contributed by atoms with van der Waals surface area (Å²) in [7, 11) is 0. The van der Waals surface area contributed by atoms with Gasteiger partial charge in [-0.1, -0.05) is 0 Å². The van der Waals surface area contributed by atoms with Gasteiger partial charge in [0.1, 0.15) is 0 Å². The Morgan fingerprint density at radius 3 is 2.15 bits per heavy atom. The molecule has 0 aromatic rings. The first-order chi connectivity index (χ1) is 5.97. The second kappa shape index (κ2) is 4.40. The molecule has 3 heteroatoms. The molecule has 0 unspecified atom stereocenters. The predicted molar refractivity (Wildman–Crippen MR) is 54.2 cm³/mol. The van der Waals surface area contributed by atoms with Crippen molar-refractivity contribution >= 4 is 0 Å². The third kappa shape index (κ3) is 4.60. The normalized spacial score (nSPS) is 30.5. The van der Waals surface area contributed by atoms with Crippen LogP contribution < -0.4 is 11.2 Å². The maximum Gasteiger partial charge on any atom is 0.0813 e. The minimum absolute atomic E-state index is 0.0977. The summed E-state index contributed by atoms with van der Waals surface area (Å²) >= 11 is 0.